The van der Waals surface area contributed by atoms with E-state index in [0.29, 0.717) is 17.2 Å². The molecule has 2 aliphatic carbocycles. The molecule has 2 aromatic rings. The molecular weight excluding hydrogens is 432 g/mol. The van der Waals surface area contributed by atoms with E-state index >= 15 is 0 Å². The van der Waals surface area contributed by atoms with Gasteiger partial charge < -0.3 is 24.8 Å². The Hall–Kier alpha value is -3.58. The highest BCUT2D eigenvalue weighted by molar-refractivity contribution is 6.03. The van der Waals surface area contributed by atoms with Gasteiger partial charge in [0.15, 0.2) is 23.4 Å². The van der Waals surface area contributed by atoms with Gasteiger partial charge in [0, 0.05) is 35.4 Å². The van der Waals surface area contributed by atoms with Crippen LogP contribution >= 0.6 is 0 Å². The minimum absolute atomic E-state index is 0.00641. The summed E-state index contributed by atoms with van der Waals surface area (Å²) in [4.78, 5) is 28.2. The fourth-order valence-corrected chi connectivity index (χ4v) is 6.35. The Morgan fingerprint density at radius 3 is 2.88 bits per heavy atom. The van der Waals surface area contributed by atoms with E-state index in [0.717, 1.165) is 36.1 Å². The number of likely N-dealkylation sites (N-methyl/N-ethyl adjacent to an activating group) is 1. The molecule has 2 N–H and O–H groups in total. The van der Waals surface area contributed by atoms with E-state index < -0.39 is 11.5 Å². The molecule has 2 heterocycles. The maximum Gasteiger partial charge on any atom is 0.248 e. The van der Waals surface area contributed by atoms with E-state index in [2.05, 4.69) is 23.3 Å². The molecular formula is C27H26N2O5. The Kier molecular flexibility index (Phi) is 4.61. The van der Waals surface area contributed by atoms with Crippen molar-refractivity contribution in [3.05, 3.63) is 65.3 Å². The van der Waals surface area contributed by atoms with Crippen molar-refractivity contribution in [2.24, 2.45) is 5.92 Å². The lowest BCUT2D eigenvalue weighted by atomic mass is 9.53. The molecule has 174 valence electrons. The van der Waals surface area contributed by atoms with Crippen molar-refractivity contribution in [3.8, 4) is 17.2 Å². The van der Waals surface area contributed by atoms with Crippen LogP contribution in [-0.2, 0) is 21.4 Å². The van der Waals surface area contributed by atoms with E-state index in [4.69, 9.17) is 9.47 Å². The van der Waals surface area contributed by atoms with Crippen LogP contribution in [0.2, 0.25) is 0 Å². The van der Waals surface area contributed by atoms with Crippen LogP contribution in [-0.4, -0.2) is 54.5 Å². The number of benzene rings is 2. The van der Waals surface area contributed by atoms with Crippen LogP contribution in [0, 0.1) is 5.92 Å². The van der Waals surface area contributed by atoms with E-state index in [-0.39, 0.29) is 29.4 Å². The quantitative estimate of drug-likeness (QED) is 0.685. The van der Waals surface area contributed by atoms with Crippen LogP contribution in [0.4, 0.5) is 5.69 Å². The molecule has 0 radical (unpaired) electrons. The summed E-state index contributed by atoms with van der Waals surface area (Å²) in [6, 6.07) is 8.66. The largest absolute Gasteiger partial charge is 0.508 e. The third-order valence-corrected chi connectivity index (χ3v) is 7.91. The van der Waals surface area contributed by atoms with Crippen molar-refractivity contribution in [2.75, 3.05) is 26.0 Å². The number of amides is 1. The zero-order chi connectivity index (χ0) is 23.6. The van der Waals surface area contributed by atoms with Gasteiger partial charge in [-0.1, -0.05) is 18.2 Å². The summed E-state index contributed by atoms with van der Waals surface area (Å²) >= 11 is 0. The molecule has 1 fully saturated rings. The molecule has 0 saturated carbocycles. The first-order valence-electron chi connectivity index (χ1n) is 11.5. The van der Waals surface area contributed by atoms with Crippen molar-refractivity contribution in [2.45, 2.75) is 30.4 Å². The smallest absolute Gasteiger partial charge is 0.248 e. The van der Waals surface area contributed by atoms with Crippen LogP contribution in [0.15, 0.2) is 48.6 Å². The number of carbonyl (C=O) groups is 2. The summed E-state index contributed by atoms with van der Waals surface area (Å²) < 4.78 is 12.0. The number of rotatable bonds is 4. The molecule has 7 nitrogen and oxygen atoms in total. The minimum Gasteiger partial charge on any atom is -0.508 e. The molecule has 7 heteroatoms. The molecule has 1 spiro atoms. The van der Waals surface area contributed by atoms with E-state index in [9.17, 15) is 14.7 Å². The fraction of sp³-hybridized carbons (Fsp3) is 0.333. The highest BCUT2D eigenvalue weighted by Crippen LogP contribution is 2.63. The number of hydrogen-bond donors (Lipinski definition) is 2. The van der Waals surface area contributed by atoms with Crippen molar-refractivity contribution in [1.82, 2.24) is 4.90 Å². The summed E-state index contributed by atoms with van der Waals surface area (Å²) in [5.74, 6) is 1.26. The number of likely N-dealkylation sites (tertiary alicyclic amines) is 1. The monoisotopic (exact) mass is 458 g/mol. The number of nitrogens with zero attached hydrogens (tertiary/aromatic N) is 1. The van der Waals surface area contributed by atoms with Gasteiger partial charge in [-0.2, -0.15) is 0 Å². The molecule has 2 bridgehead atoms. The number of ether oxygens (including phenoxy) is 2. The number of aromatic hydroxyl groups is 1. The number of anilines is 1. The van der Waals surface area contributed by atoms with Crippen molar-refractivity contribution < 1.29 is 24.2 Å². The van der Waals surface area contributed by atoms with Crippen LogP contribution in [0.5, 0.6) is 17.2 Å². The van der Waals surface area contributed by atoms with Crippen LogP contribution in [0.1, 0.15) is 23.1 Å². The van der Waals surface area contributed by atoms with Crippen LogP contribution in [0.25, 0.3) is 6.08 Å². The van der Waals surface area contributed by atoms with Crippen LogP contribution in [0.3, 0.4) is 0 Å². The molecule has 0 aromatic heterocycles. The summed E-state index contributed by atoms with van der Waals surface area (Å²) in [5.41, 5.74) is 3.13. The topological polar surface area (TPSA) is 88.1 Å². The van der Waals surface area contributed by atoms with Gasteiger partial charge in [0.2, 0.25) is 5.91 Å². The van der Waals surface area contributed by atoms with Crippen molar-refractivity contribution in [3.63, 3.8) is 0 Å². The Bertz CT molecular complexity index is 1260. The lowest BCUT2D eigenvalue weighted by Crippen LogP contribution is -2.64. The van der Waals surface area contributed by atoms with E-state index in [1.807, 2.05) is 6.07 Å². The second-order valence-electron chi connectivity index (χ2n) is 9.55. The second kappa shape index (κ2) is 7.46. The number of phenols is 1. The van der Waals surface area contributed by atoms with Crippen LogP contribution < -0.4 is 14.8 Å². The lowest BCUT2D eigenvalue weighted by molar-refractivity contribution is -0.127. The van der Waals surface area contributed by atoms with Gasteiger partial charge in [-0.15, -0.1) is 0 Å². The highest BCUT2D eigenvalue weighted by Gasteiger charge is 2.65. The van der Waals surface area contributed by atoms with E-state index in [1.165, 1.54) is 6.08 Å². The second-order valence-corrected chi connectivity index (χ2v) is 9.55. The number of carbonyl (C=O) groups excluding carboxylic acids is 2. The maximum atomic E-state index is 12.9. The Morgan fingerprint density at radius 1 is 1.32 bits per heavy atom. The predicted molar refractivity (Wildman–Crippen MR) is 127 cm³/mol. The Balaban J connectivity index is 1.42. The van der Waals surface area contributed by atoms with E-state index in [1.54, 1.807) is 43.5 Å². The summed E-state index contributed by atoms with van der Waals surface area (Å²) in [7, 11) is 3.70. The van der Waals surface area contributed by atoms with Gasteiger partial charge in [-0.05, 0) is 61.8 Å². The average Bonchev–Trinajstić information content (AvgIpc) is 3.18. The summed E-state index contributed by atoms with van der Waals surface area (Å²) in [6.45, 7) is 0.884. The number of piperidine rings is 1. The fourth-order valence-electron chi connectivity index (χ4n) is 6.35. The average molecular weight is 459 g/mol. The zero-order valence-electron chi connectivity index (χ0n) is 19.1. The normalized spacial score (nSPS) is 28.5. The number of methoxy groups -OCH3 is 1. The molecule has 1 amide bonds. The molecule has 1 saturated heterocycles. The summed E-state index contributed by atoms with van der Waals surface area (Å²) in [5, 5.41) is 12.5. The first-order chi connectivity index (χ1) is 16.4. The SMILES string of the molecule is COc1cc(NC(=O)C=Cc2ccc(O)cc2)c2c3c1O[C@H]1C(=O)C=C[C@H]4[C@@H](C2)N(C)CC[C@]314. The molecule has 4 aliphatic rings. The third kappa shape index (κ3) is 2.86. The van der Waals surface area contributed by atoms with Crippen molar-refractivity contribution in [1.29, 1.82) is 0 Å². The molecule has 34 heavy (non-hydrogen) atoms. The standard InChI is InChI=1S/C27H26N2O5/c1-29-12-11-27-18-8-9-21(31)26(27)34-25-22(33-2)14-19(17(24(25)27)13-20(18)29)28-23(32)10-5-15-3-6-16(30)7-4-15/h3-10,14,18,20,26,30H,11-13H2,1-2H3,(H,28,32)/t18-,20+,26-,27-/m0/s1. The third-order valence-electron chi connectivity index (χ3n) is 7.91. The van der Waals surface area contributed by atoms with Crippen molar-refractivity contribution >= 4 is 23.5 Å². The van der Waals surface area contributed by atoms with Gasteiger partial charge in [-0.3, -0.25) is 9.59 Å². The Labute approximate surface area is 197 Å². The number of nitrogens with one attached hydrogen (secondary N) is 1. The first kappa shape index (κ1) is 21.0. The number of hydrogen-bond acceptors (Lipinski definition) is 6. The zero-order valence-corrected chi connectivity index (χ0v) is 19.1. The molecule has 4 atom stereocenters. The number of phenolic OH excluding ortho intramolecular Hbond substituents is 1. The molecule has 2 aliphatic heterocycles. The van der Waals surface area contributed by atoms with Gasteiger partial charge in [-0.25, -0.2) is 0 Å². The summed E-state index contributed by atoms with van der Waals surface area (Å²) in [6.07, 6.45) is 7.93. The molecule has 2 aromatic carbocycles. The van der Waals surface area contributed by atoms with Gasteiger partial charge >= 0.3 is 0 Å². The molecule has 0 unspecified atom stereocenters. The minimum atomic E-state index is -0.554. The maximum absolute atomic E-state index is 12.9. The first-order valence-corrected chi connectivity index (χ1v) is 11.5. The predicted octanol–water partition coefficient (Wildman–Crippen LogP) is 3.07. The van der Waals surface area contributed by atoms with Gasteiger partial charge in [0.1, 0.15) is 5.75 Å². The number of ketones is 1. The molecule has 6 rings (SSSR count). The van der Waals surface area contributed by atoms with Gasteiger partial charge in [0.05, 0.1) is 12.5 Å². The lowest BCUT2D eigenvalue weighted by Gasteiger charge is -2.55. The Morgan fingerprint density at radius 2 is 2.12 bits per heavy atom. The van der Waals surface area contributed by atoms with Gasteiger partial charge in [0.25, 0.3) is 0 Å². The highest BCUT2D eigenvalue weighted by atomic mass is 16.5.